The van der Waals surface area contributed by atoms with E-state index < -0.39 is 10.8 Å². The lowest BCUT2D eigenvalue weighted by atomic mass is 10.1. The van der Waals surface area contributed by atoms with Crippen molar-refractivity contribution in [2.45, 2.75) is 6.61 Å². The van der Waals surface area contributed by atoms with Gasteiger partial charge in [-0.2, -0.15) is 5.26 Å². The van der Waals surface area contributed by atoms with Gasteiger partial charge < -0.3 is 14.8 Å². The number of hydrogen-bond acceptors (Lipinski definition) is 6. The molecule has 1 N–H and O–H groups in total. The number of hydrogen-bond donors (Lipinski definition) is 1. The molecular formula is C24H16Cl3N3O5. The molecule has 0 heterocycles. The van der Waals surface area contributed by atoms with Gasteiger partial charge in [-0.25, -0.2) is 0 Å². The fourth-order valence-corrected chi connectivity index (χ4v) is 3.77. The van der Waals surface area contributed by atoms with Crippen molar-refractivity contribution in [3.05, 3.63) is 96.5 Å². The number of carbonyl (C=O) groups excluding carboxylic acids is 1. The Balaban J connectivity index is 1.81. The molecule has 0 atom stereocenters. The van der Waals surface area contributed by atoms with Gasteiger partial charge in [0.15, 0.2) is 5.75 Å². The fourth-order valence-electron chi connectivity index (χ4n) is 2.97. The number of nitrogens with one attached hydrogen (secondary N) is 1. The molecular weight excluding hydrogens is 517 g/mol. The van der Waals surface area contributed by atoms with Crippen LogP contribution in [0.3, 0.4) is 0 Å². The molecule has 3 aromatic carbocycles. The lowest BCUT2D eigenvalue weighted by molar-refractivity contribution is -0.384. The van der Waals surface area contributed by atoms with Crippen LogP contribution in [0.2, 0.25) is 15.1 Å². The van der Waals surface area contributed by atoms with Gasteiger partial charge in [0, 0.05) is 16.7 Å². The van der Waals surface area contributed by atoms with Crippen LogP contribution < -0.4 is 14.8 Å². The van der Waals surface area contributed by atoms with Crippen LogP contribution in [0.25, 0.3) is 6.08 Å². The Morgan fingerprint density at radius 3 is 2.40 bits per heavy atom. The Morgan fingerprint density at radius 1 is 1.11 bits per heavy atom. The number of ether oxygens (including phenoxy) is 2. The third-order valence-electron chi connectivity index (χ3n) is 4.67. The second kappa shape index (κ2) is 11.6. The van der Waals surface area contributed by atoms with Gasteiger partial charge in [0.25, 0.3) is 11.6 Å². The first-order valence-corrected chi connectivity index (χ1v) is 11.0. The van der Waals surface area contributed by atoms with Gasteiger partial charge in [0.05, 0.1) is 33.8 Å². The molecule has 178 valence electrons. The van der Waals surface area contributed by atoms with E-state index in [0.29, 0.717) is 10.6 Å². The van der Waals surface area contributed by atoms with E-state index in [1.54, 1.807) is 18.2 Å². The van der Waals surface area contributed by atoms with E-state index in [2.05, 4.69) is 5.32 Å². The molecule has 8 nitrogen and oxygen atoms in total. The number of nitro benzene ring substituents is 1. The van der Waals surface area contributed by atoms with E-state index in [4.69, 9.17) is 44.3 Å². The summed E-state index contributed by atoms with van der Waals surface area (Å²) in [6.45, 7) is 0.136. The summed E-state index contributed by atoms with van der Waals surface area (Å²) >= 11 is 18.8. The Kier molecular flexibility index (Phi) is 8.55. The molecule has 0 radical (unpaired) electrons. The molecule has 0 aromatic heterocycles. The van der Waals surface area contributed by atoms with Crippen molar-refractivity contribution in [3.63, 3.8) is 0 Å². The van der Waals surface area contributed by atoms with Crippen LogP contribution >= 0.6 is 34.8 Å². The Labute approximate surface area is 215 Å². The zero-order chi connectivity index (χ0) is 25.5. The first-order valence-electron chi connectivity index (χ1n) is 9.84. The summed E-state index contributed by atoms with van der Waals surface area (Å²) in [5.41, 5.74) is 0.811. The number of methoxy groups -OCH3 is 1. The maximum atomic E-state index is 12.7. The van der Waals surface area contributed by atoms with Crippen LogP contribution in [0, 0.1) is 21.4 Å². The predicted octanol–water partition coefficient (Wildman–Crippen LogP) is 6.69. The number of amides is 1. The number of non-ortho nitro benzene ring substituents is 1. The summed E-state index contributed by atoms with van der Waals surface area (Å²) in [5.74, 6) is -0.467. The SMILES string of the molecule is COc1cc([N+](=O)[O-])ccc1NC(=O)/C(C#N)=C\c1cc(Cl)c(OCc2ccccc2Cl)c(Cl)c1. The number of rotatable bonds is 8. The van der Waals surface area contributed by atoms with Crippen molar-refractivity contribution in [2.75, 3.05) is 12.4 Å². The highest BCUT2D eigenvalue weighted by Gasteiger charge is 2.17. The van der Waals surface area contributed by atoms with Gasteiger partial charge >= 0.3 is 0 Å². The summed E-state index contributed by atoms with van der Waals surface area (Å²) < 4.78 is 10.8. The van der Waals surface area contributed by atoms with Crippen LogP contribution in [-0.2, 0) is 11.4 Å². The second-order valence-electron chi connectivity index (χ2n) is 6.96. The van der Waals surface area contributed by atoms with Crippen molar-refractivity contribution >= 4 is 58.2 Å². The average Bonchev–Trinajstić information content (AvgIpc) is 2.83. The zero-order valence-electron chi connectivity index (χ0n) is 18.1. The Bertz CT molecular complexity index is 1350. The second-order valence-corrected chi connectivity index (χ2v) is 8.18. The first kappa shape index (κ1) is 25.8. The van der Waals surface area contributed by atoms with Gasteiger partial charge in [0.1, 0.15) is 24.0 Å². The van der Waals surface area contributed by atoms with Gasteiger partial charge in [-0.05, 0) is 35.9 Å². The molecule has 11 heteroatoms. The smallest absolute Gasteiger partial charge is 0.273 e. The van der Waals surface area contributed by atoms with E-state index in [1.165, 1.54) is 37.5 Å². The maximum absolute atomic E-state index is 12.7. The van der Waals surface area contributed by atoms with E-state index in [-0.39, 0.29) is 45.1 Å². The van der Waals surface area contributed by atoms with Crippen LogP contribution in [0.15, 0.2) is 60.2 Å². The quantitative estimate of drug-likeness (QED) is 0.150. The number of benzene rings is 3. The monoisotopic (exact) mass is 531 g/mol. The van der Waals surface area contributed by atoms with Gasteiger partial charge in [-0.3, -0.25) is 14.9 Å². The molecule has 0 saturated heterocycles. The predicted molar refractivity (Wildman–Crippen MR) is 134 cm³/mol. The Morgan fingerprint density at radius 2 is 1.80 bits per heavy atom. The summed E-state index contributed by atoms with van der Waals surface area (Å²) in [4.78, 5) is 23.0. The standard InChI is InChI=1S/C24H16Cl3N3O5/c1-34-22-11-17(30(32)33)6-7-21(22)29-24(31)16(12-28)8-14-9-19(26)23(20(27)10-14)35-13-15-4-2-3-5-18(15)25/h2-11H,13H2,1H3,(H,29,31)/b16-8-. The zero-order valence-corrected chi connectivity index (χ0v) is 20.3. The van der Waals surface area contributed by atoms with Crippen molar-refractivity contribution < 1.29 is 19.2 Å². The first-order chi connectivity index (χ1) is 16.7. The molecule has 35 heavy (non-hydrogen) atoms. The minimum atomic E-state index is -0.758. The molecule has 3 rings (SSSR count). The van der Waals surface area contributed by atoms with Gasteiger partial charge in [0.2, 0.25) is 0 Å². The van der Waals surface area contributed by atoms with E-state index >= 15 is 0 Å². The third kappa shape index (κ3) is 6.43. The number of nitriles is 1. The van der Waals surface area contributed by atoms with Crippen molar-refractivity contribution in [3.8, 4) is 17.6 Å². The highest BCUT2D eigenvalue weighted by molar-refractivity contribution is 6.37. The molecule has 0 saturated carbocycles. The van der Waals surface area contributed by atoms with Crippen molar-refractivity contribution in [1.29, 1.82) is 5.26 Å². The molecule has 3 aromatic rings. The molecule has 0 aliphatic carbocycles. The van der Waals surface area contributed by atoms with Crippen LogP contribution in [0.1, 0.15) is 11.1 Å². The van der Waals surface area contributed by atoms with Gasteiger partial charge in [-0.1, -0.05) is 53.0 Å². The average molecular weight is 533 g/mol. The molecule has 1 amide bonds. The lowest BCUT2D eigenvalue weighted by Crippen LogP contribution is -2.14. The normalized spacial score (nSPS) is 10.9. The number of anilines is 1. The van der Waals surface area contributed by atoms with Crippen LogP contribution in [0.5, 0.6) is 11.5 Å². The van der Waals surface area contributed by atoms with Crippen molar-refractivity contribution in [1.82, 2.24) is 0 Å². The van der Waals surface area contributed by atoms with Crippen LogP contribution in [-0.4, -0.2) is 17.9 Å². The molecule has 0 aliphatic rings. The number of halogens is 3. The minimum absolute atomic E-state index is 0.0657. The number of nitrogens with zero attached hydrogens (tertiary/aromatic N) is 2. The van der Waals surface area contributed by atoms with E-state index in [0.717, 1.165) is 11.6 Å². The highest BCUT2D eigenvalue weighted by Crippen LogP contribution is 2.36. The Hall–Kier alpha value is -3.77. The summed E-state index contributed by atoms with van der Waals surface area (Å²) in [6, 6.07) is 15.6. The summed E-state index contributed by atoms with van der Waals surface area (Å²) in [7, 11) is 1.30. The molecule has 0 spiro atoms. The lowest BCUT2D eigenvalue weighted by Gasteiger charge is -2.12. The summed E-state index contributed by atoms with van der Waals surface area (Å²) in [6.07, 6.45) is 1.29. The van der Waals surface area contributed by atoms with E-state index in [1.807, 2.05) is 12.1 Å². The summed E-state index contributed by atoms with van der Waals surface area (Å²) in [5, 5.41) is 23.8. The number of nitro groups is 1. The van der Waals surface area contributed by atoms with E-state index in [9.17, 15) is 20.2 Å². The maximum Gasteiger partial charge on any atom is 0.273 e. The topological polar surface area (TPSA) is 114 Å². The van der Waals surface area contributed by atoms with Crippen molar-refractivity contribution in [2.24, 2.45) is 0 Å². The molecule has 0 fully saturated rings. The molecule has 0 bridgehead atoms. The van der Waals surface area contributed by atoms with Gasteiger partial charge in [-0.15, -0.1) is 0 Å². The third-order valence-corrected chi connectivity index (χ3v) is 5.60. The van der Waals surface area contributed by atoms with Crippen LogP contribution in [0.4, 0.5) is 11.4 Å². The largest absolute Gasteiger partial charge is 0.494 e. The highest BCUT2D eigenvalue weighted by atomic mass is 35.5. The fraction of sp³-hybridized carbons (Fsp3) is 0.0833. The molecule has 0 unspecified atom stereocenters. The number of carbonyl (C=O) groups is 1. The molecule has 0 aliphatic heterocycles. The minimum Gasteiger partial charge on any atom is -0.494 e.